The second kappa shape index (κ2) is 17.1. The zero-order valence-electron chi connectivity index (χ0n) is 39.2. The molecule has 4 nitrogen and oxygen atoms in total. The van der Waals surface area contributed by atoms with Crippen LogP contribution < -0.4 is 4.90 Å². The number of fused-ring (bicyclic) bond motifs is 7. The predicted octanol–water partition coefficient (Wildman–Crippen LogP) is 18.3. The molecule has 0 saturated carbocycles. The highest BCUT2D eigenvalue weighted by Gasteiger charge is 2.23. The summed E-state index contributed by atoms with van der Waals surface area (Å²) < 4.78 is 2.38. The molecule has 14 aromatic rings. The van der Waals surface area contributed by atoms with E-state index in [2.05, 4.69) is 262 Å². The molecule has 14 rings (SSSR count). The minimum Gasteiger partial charge on any atom is -0.310 e. The van der Waals surface area contributed by atoms with Crippen LogP contribution >= 0.6 is 0 Å². The third-order valence-corrected chi connectivity index (χ3v) is 14.5. The maximum absolute atomic E-state index is 4.50. The van der Waals surface area contributed by atoms with Crippen molar-refractivity contribution in [2.75, 3.05) is 4.90 Å². The van der Waals surface area contributed by atoms with Gasteiger partial charge in [-0.2, -0.15) is 0 Å². The molecule has 3 heterocycles. The largest absolute Gasteiger partial charge is 0.310 e. The molecule has 0 aliphatic carbocycles. The van der Waals surface area contributed by atoms with Crippen LogP contribution in [-0.4, -0.2) is 14.5 Å². The SMILES string of the molecule is c1ccc(N(c2ccc(-n3c4ccccc4c4ccccc43)cc2)c2ccc3c(-c4ccccc4-c4ccc5ccncc5c4)c4ccccc4c(-c4ccccc4-c4ccc5ccncc5c4)c3c2)cc1. The first kappa shape index (κ1) is 41.3. The summed E-state index contributed by atoms with van der Waals surface area (Å²) in [5.74, 6) is 0. The summed E-state index contributed by atoms with van der Waals surface area (Å²) in [5.41, 5.74) is 16.1. The van der Waals surface area contributed by atoms with E-state index >= 15 is 0 Å². The summed E-state index contributed by atoms with van der Waals surface area (Å²) in [7, 11) is 0. The van der Waals surface area contributed by atoms with E-state index in [1.165, 1.54) is 82.1 Å². The van der Waals surface area contributed by atoms with Crippen LogP contribution in [0.15, 0.2) is 267 Å². The van der Waals surface area contributed by atoms with Gasteiger partial charge in [0.2, 0.25) is 0 Å². The van der Waals surface area contributed by atoms with Gasteiger partial charge >= 0.3 is 0 Å². The molecule has 0 spiro atoms. The van der Waals surface area contributed by atoms with Gasteiger partial charge in [-0.25, -0.2) is 0 Å². The molecular weight excluding hydrogens is 873 g/mol. The molecule has 4 heteroatoms. The maximum Gasteiger partial charge on any atom is 0.0541 e. The molecule has 0 unspecified atom stereocenters. The lowest BCUT2D eigenvalue weighted by molar-refractivity contribution is 1.17. The van der Waals surface area contributed by atoms with Crippen LogP contribution in [0.5, 0.6) is 0 Å². The molecular formula is C68H44N4. The Kier molecular flexibility index (Phi) is 9.82. The topological polar surface area (TPSA) is 34.0 Å². The van der Waals surface area contributed by atoms with Crippen molar-refractivity contribution in [3.63, 3.8) is 0 Å². The summed E-state index contributed by atoms with van der Waals surface area (Å²) in [5, 5.41) is 11.8. The van der Waals surface area contributed by atoms with E-state index in [1.807, 2.05) is 24.8 Å². The molecule has 0 saturated heterocycles. The van der Waals surface area contributed by atoms with E-state index in [9.17, 15) is 0 Å². The average Bonchev–Trinajstić information content (AvgIpc) is 3.79. The van der Waals surface area contributed by atoms with Gasteiger partial charge in [0, 0.05) is 69.1 Å². The molecule has 0 aliphatic rings. The van der Waals surface area contributed by atoms with Gasteiger partial charge in [-0.1, -0.05) is 158 Å². The van der Waals surface area contributed by atoms with Crippen molar-refractivity contribution in [3.05, 3.63) is 267 Å². The minimum absolute atomic E-state index is 1.06. The first-order valence-electron chi connectivity index (χ1n) is 24.5. The lowest BCUT2D eigenvalue weighted by Crippen LogP contribution is -2.10. The standard InChI is InChI=1S/C68H44N4/c1-2-14-51(15-3-1)71(52-30-32-53(33-31-52)72-65-24-12-10-18-57(65)58-19-11-13-25-66(58)72)54-34-35-63-64(42-54)68(60-21-7-5-17-56(60)48-29-27-46-37-39-70-44-50(46)41-48)62-23-9-8-22-61(62)67(63)59-20-6-4-16-55(59)47-28-26-45-36-38-69-43-49(45)40-47/h1-44H. The van der Waals surface area contributed by atoms with E-state index in [1.54, 1.807) is 0 Å². The van der Waals surface area contributed by atoms with Crippen molar-refractivity contribution in [3.8, 4) is 50.2 Å². The lowest BCUT2D eigenvalue weighted by atomic mass is 9.82. The van der Waals surface area contributed by atoms with E-state index in [-0.39, 0.29) is 0 Å². The van der Waals surface area contributed by atoms with Crippen LogP contribution in [0.2, 0.25) is 0 Å². The highest BCUT2D eigenvalue weighted by molar-refractivity contribution is 6.24. The third-order valence-electron chi connectivity index (χ3n) is 14.5. The molecule has 0 bridgehead atoms. The number of hydrogen-bond donors (Lipinski definition) is 0. The molecule has 0 fully saturated rings. The molecule has 3 aromatic heterocycles. The Balaban J connectivity index is 1.03. The molecule has 72 heavy (non-hydrogen) atoms. The first-order chi connectivity index (χ1) is 35.7. The molecule has 336 valence electrons. The number of pyridine rings is 2. The Morgan fingerprint density at radius 2 is 0.736 bits per heavy atom. The molecule has 0 amide bonds. The van der Waals surface area contributed by atoms with Gasteiger partial charge in [0.15, 0.2) is 0 Å². The smallest absolute Gasteiger partial charge is 0.0541 e. The van der Waals surface area contributed by atoms with E-state index in [4.69, 9.17) is 0 Å². The summed E-state index contributed by atoms with van der Waals surface area (Å²) in [6.07, 6.45) is 7.65. The highest BCUT2D eigenvalue weighted by atomic mass is 15.1. The number of hydrogen-bond acceptors (Lipinski definition) is 3. The minimum atomic E-state index is 1.06. The fraction of sp³-hybridized carbons (Fsp3) is 0. The Bertz CT molecular complexity index is 4350. The predicted molar refractivity (Wildman–Crippen MR) is 303 cm³/mol. The number of anilines is 3. The summed E-state index contributed by atoms with van der Waals surface area (Å²) in [6.45, 7) is 0. The summed E-state index contributed by atoms with van der Waals surface area (Å²) >= 11 is 0. The van der Waals surface area contributed by atoms with E-state index in [0.29, 0.717) is 0 Å². The van der Waals surface area contributed by atoms with Crippen LogP contribution in [0.1, 0.15) is 0 Å². The molecule has 11 aromatic carbocycles. The number of aromatic nitrogens is 3. The van der Waals surface area contributed by atoms with Crippen LogP contribution in [-0.2, 0) is 0 Å². The normalized spacial score (nSPS) is 11.6. The van der Waals surface area contributed by atoms with Crippen molar-refractivity contribution >= 4 is 82.0 Å². The van der Waals surface area contributed by atoms with Crippen molar-refractivity contribution in [2.24, 2.45) is 0 Å². The van der Waals surface area contributed by atoms with Crippen molar-refractivity contribution in [1.29, 1.82) is 0 Å². The third kappa shape index (κ3) is 6.84. The Morgan fingerprint density at radius 3 is 1.31 bits per heavy atom. The number of nitrogens with zero attached hydrogens (tertiary/aromatic N) is 4. The second-order valence-electron chi connectivity index (χ2n) is 18.5. The van der Waals surface area contributed by atoms with Crippen LogP contribution in [0, 0.1) is 0 Å². The molecule has 0 N–H and O–H groups in total. The highest BCUT2D eigenvalue weighted by Crippen LogP contribution is 2.50. The summed E-state index contributed by atoms with van der Waals surface area (Å²) in [4.78, 5) is 11.4. The Hall–Kier alpha value is -9.64. The lowest BCUT2D eigenvalue weighted by Gasteiger charge is -2.27. The van der Waals surface area contributed by atoms with Crippen LogP contribution in [0.4, 0.5) is 17.1 Å². The molecule has 0 atom stereocenters. The maximum atomic E-state index is 4.50. The van der Waals surface area contributed by atoms with Gasteiger partial charge in [0.25, 0.3) is 0 Å². The van der Waals surface area contributed by atoms with Gasteiger partial charge < -0.3 is 9.47 Å². The molecule has 0 radical (unpaired) electrons. The Morgan fingerprint density at radius 1 is 0.292 bits per heavy atom. The zero-order valence-corrected chi connectivity index (χ0v) is 39.2. The van der Waals surface area contributed by atoms with E-state index < -0.39 is 0 Å². The van der Waals surface area contributed by atoms with Crippen LogP contribution in [0.3, 0.4) is 0 Å². The number of benzene rings is 11. The molecule has 0 aliphatic heterocycles. The van der Waals surface area contributed by atoms with Crippen molar-refractivity contribution < 1.29 is 0 Å². The summed E-state index contributed by atoms with van der Waals surface area (Å²) in [6, 6.07) is 88.7. The first-order valence-corrected chi connectivity index (χ1v) is 24.5. The fourth-order valence-electron chi connectivity index (χ4n) is 11.3. The monoisotopic (exact) mass is 916 g/mol. The zero-order chi connectivity index (χ0) is 47.5. The van der Waals surface area contributed by atoms with Gasteiger partial charge in [-0.05, 0) is 162 Å². The van der Waals surface area contributed by atoms with Crippen molar-refractivity contribution in [2.45, 2.75) is 0 Å². The Labute approximate surface area is 417 Å². The fourth-order valence-corrected chi connectivity index (χ4v) is 11.3. The average molecular weight is 917 g/mol. The van der Waals surface area contributed by atoms with Gasteiger partial charge in [0.1, 0.15) is 0 Å². The quantitative estimate of drug-likeness (QED) is 0.142. The van der Waals surface area contributed by atoms with Gasteiger partial charge in [-0.3, -0.25) is 9.97 Å². The van der Waals surface area contributed by atoms with Crippen LogP contribution in [0.25, 0.3) is 115 Å². The van der Waals surface area contributed by atoms with Gasteiger partial charge in [0.05, 0.1) is 11.0 Å². The number of rotatable bonds is 8. The second-order valence-corrected chi connectivity index (χ2v) is 18.5. The van der Waals surface area contributed by atoms with Gasteiger partial charge in [-0.15, -0.1) is 0 Å². The van der Waals surface area contributed by atoms with E-state index in [0.717, 1.165) is 50.0 Å². The number of para-hydroxylation sites is 3. The van der Waals surface area contributed by atoms with Crippen molar-refractivity contribution in [1.82, 2.24) is 14.5 Å².